The number of rotatable bonds is 2. The molecule has 0 bridgehead atoms. The Morgan fingerprint density at radius 3 is 2.08 bits per heavy atom. The van der Waals surface area contributed by atoms with Gasteiger partial charge in [-0.05, 0) is 33.0 Å². The lowest BCUT2D eigenvalue weighted by Gasteiger charge is -2.35. The van der Waals surface area contributed by atoms with Gasteiger partial charge in [0.05, 0.1) is 0 Å². The Morgan fingerprint density at radius 1 is 1.23 bits per heavy atom. The first-order valence-electron chi connectivity index (χ1n) is 5.01. The first-order chi connectivity index (χ1) is 5.94. The summed E-state index contributed by atoms with van der Waals surface area (Å²) in [5.41, 5.74) is 0. The van der Waals surface area contributed by atoms with Crippen LogP contribution in [0.4, 0.5) is 8.78 Å². The molecule has 0 amide bonds. The molecule has 0 aromatic carbocycles. The molecule has 13 heavy (non-hydrogen) atoms. The average molecular weight is 191 g/mol. The maximum absolute atomic E-state index is 13.5. The summed E-state index contributed by atoms with van der Waals surface area (Å²) >= 11 is 0. The minimum absolute atomic E-state index is 0.399. The van der Waals surface area contributed by atoms with Gasteiger partial charge in [0, 0.05) is 11.8 Å². The van der Waals surface area contributed by atoms with Crippen molar-refractivity contribution in [2.24, 2.45) is 11.8 Å². The number of nitrogens with zero attached hydrogens (tertiary/aromatic N) is 1. The maximum atomic E-state index is 13.5. The molecular weight excluding hydrogens is 172 g/mol. The quantitative estimate of drug-likeness (QED) is 0.648. The summed E-state index contributed by atoms with van der Waals surface area (Å²) in [5.74, 6) is -3.40. The van der Waals surface area contributed by atoms with Crippen LogP contribution in [-0.2, 0) is 0 Å². The third-order valence-electron chi connectivity index (χ3n) is 3.03. The molecule has 0 saturated carbocycles. The van der Waals surface area contributed by atoms with Crippen molar-refractivity contribution in [1.29, 1.82) is 0 Å². The molecule has 0 spiro atoms. The standard InChI is InChI=1S/C10H19F2N/c1-8(2)10(11,12)9-4-6-13(3)7-5-9/h8-9H,4-7H2,1-3H3. The molecule has 1 nitrogen and oxygen atoms in total. The fraction of sp³-hybridized carbons (Fsp3) is 1.00. The summed E-state index contributed by atoms with van der Waals surface area (Å²) < 4.78 is 27.1. The van der Waals surface area contributed by atoms with E-state index in [1.54, 1.807) is 13.8 Å². The van der Waals surface area contributed by atoms with Crippen LogP contribution in [-0.4, -0.2) is 31.0 Å². The lowest BCUT2D eigenvalue weighted by molar-refractivity contribution is -0.112. The minimum Gasteiger partial charge on any atom is -0.306 e. The summed E-state index contributed by atoms with van der Waals surface area (Å²) in [5, 5.41) is 0. The summed E-state index contributed by atoms with van der Waals surface area (Å²) in [6.07, 6.45) is 1.28. The second-order valence-electron chi connectivity index (χ2n) is 4.41. The molecule has 0 aromatic rings. The molecular formula is C10H19F2N. The molecule has 1 rings (SSSR count). The van der Waals surface area contributed by atoms with E-state index in [0.29, 0.717) is 12.8 Å². The smallest absolute Gasteiger partial charge is 0.253 e. The molecule has 1 fully saturated rings. The molecule has 0 unspecified atom stereocenters. The van der Waals surface area contributed by atoms with E-state index < -0.39 is 17.8 Å². The highest BCUT2D eigenvalue weighted by Gasteiger charge is 2.43. The second kappa shape index (κ2) is 3.91. The average Bonchev–Trinajstić information content (AvgIpc) is 2.04. The molecule has 0 N–H and O–H groups in total. The second-order valence-corrected chi connectivity index (χ2v) is 4.41. The van der Waals surface area contributed by atoms with Crippen molar-refractivity contribution in [3.8, 4) is 0 Å². The third kappa shape index (κ3) is 2.39. The van der Waals surface area contributed by atoms with Gasteiger partial charge in [0.25, 0.3) is 5.92 Å². The molecule has 78 valence electrons. The first-order valence-corrected chi connectivity index (χ1v) is 5.01. The highest BCUT2D eigenvalue weighted by Crippen LogP contribution is 2.38. The van der Waals surface area contributed by atoms with Crippen LogP contribution in [0, 0.1) is 11.8 Å². The SMILES string of the molecule is CC(C)C(F)(F)C1CCN(C)CC1. The minimum atomic E-state index is -2.47. The molecule has 1 aliphatic rings. The van der Waals surface area contributed by atoms with Crippen LogP contribution in [0.25, 0.3) is 0 Å². The van der Waals surface area contributed by atoms with E-state index in [1.165, 1.54) is 0 Å². The number of halogens is 2. The Kier molecular flexibility index (Phi) is 3.28. The van der Waals surface area contributed by atoms with E-state index >= 15 is 0 Å². The predicted molar refractivity (Wildman–Crippen MR) is 50.0 cm³/mol. The van der Waals surface area contributed by atoms with Gasteiger partial charge in [-0.25, -0.2) is 8.78 Å². The maximum Gasteiger partial charge on any atom is 0.253 e. The number of likely N-dealkylation sites (tertiary alicyclic amines) is 1. The van der Waals surface area contributed by atoms with Gasteiger partial charge in [0.1, 0.15) is 0 Å². The van der Waals surface area contributed by atoms with Crippen LogP contribution in [0.5, 0.6) is 0 Å². The van der Waals surface area contributed by atoms with Gasteiger partial charge in [-0.2, -0.15) is 0 Å². The first kappa shape index (κ1) is 10.9. The Balaban J connectivity index is 2.52. The van der Waals surface area contributed by atoms with E-state index in [1.807, 2.05) is 7.05 Å². The Bertz CT molecular complexity index is 160. The Morgan fingerprint density at radius 2 is 1.69 bits per heavy atom. The van der Waals surface area contributed by atoms with Crippen molar-refractivity contribution in [3.05, 3.63) is 0 Å². The van der Waals surface area contributed by atoms with Gasteiger partial charge in [-0.3, -0.25) is 0 Å². The normalized spacial score (nSPS) is 22.6. The van der Waals surface area contributed by atoms with Crippen molar-refractivity contribution in [1.82, 2.24) is 4.90 Å². The largest absolute Gasteiger partial charge is 0.306 e. The van der Waals surface area contributed by atoms with Crippen molar-refractivity contribution in [3.63, 3.8) is 0 Å². The van der Waals surface area contributed by atoms with E-state index in [4.69, 9.17) is 0 Å². The molecule has 0 aromatic heterocycles. The highest BCUT2D eigenvalue weighted by atomic mass is 19.3. The molecule has 1 heterocycles. The lowest BCUT2D eigenvalue weighted by atomic mass is 9.85. The molecule has 1 saturated heterocycles. The number of hydrogen-bond donors (Lipinski definition) is 0. The molecule has 1 aliphatic heterocycles. The fourth-order valence-electron chi connectivity index (χ4n) is 1.86. The zero-order chi connectivity index (χ0) is 10.1. The van der Waals surface area contributed by atoms with Crippen molar-refractivity contribution < 1.29 is 8.78 Å². The molecule has 0 aliphatic carbocycles. The van der Waals surface area contributed by atoms with Gasteiger partial charge in [-0.15, -0.1) is 0 Å². The highest BCUT2D eigenvalue weighted by molar-refractivity contribution is 4.84. The van der Waals surface area contributed by atoms with Crippen LogP contribution in [0.2, 0.25) is 0 Å². The van der Waals surface area contributed by atoms with E-state index in [0.717, 1.165) is 13.1 Å². The van der Waals surface area contributed by atoms with Gasteiger partial charge < -0.3 is 4.90 Å². The van der Waals surface area contributed by atoms with Crippen LogP contribution in [0.15, 0.2) is 0 Å². The third-order valence-corrected chi connectivity index (χ3v) is 3.03. The van der Waals surface area contributed by atoms with Gasteiger partial charge in [0.15, 0.2) is 0 Å². The fourth-order valence-corrected chi connectivity index (χ4v) is 1.86. The van der Waals surface area contributed by atoms with Crippen molar-refractivity contribution in [2.45, 2.75) is 32.6 Å². The predicted octanol–water partition coefficient (Wildman–Crippen LogP) is 2.62. The van der Waals surface area contributed by atoms with Crippen LogP contribution in [0.3, 0.4) is 0 Å². The Hall–Kier alpha value is -0.180. The molecule has 0 radical (unpaired) electrons. The number of hydrogen-bond acceptors (Lipinski definition) is 1. The zero-order valence-corrected chi connectivity index (χ0v) is 8.69. The van der Waals surface area contributed by atoms with Crippen molar-refractivity contribution >= 4 is 0 Å². The van der Waals surface area contributed by atoms with Crippen molar-refractivity contribution in [2.75, 3.05) is 20.1 Å². The lowest BCUT2D eigenvalue weighted by Crippen LogP contribution is -2.41. The Labute approximate surface area is 79.1 Å². The van der Waals surface area contributed by atoms with Crippen LogP contribution < -0.4 is 0 Å². The van der Waals surface area contributed by atoms with Gasteiger partial charge >= 0.3 is 0 Å². The molecule has 3 heteroatoms. The number of piperidine rings is 1. The van der Waals surface area contributed by atoms with Crippen LogP contribution in [0.1, 0.15) is 26.7 Å². The van der Waals surface area contributed by atoms with E-state index in [9.17, 15) is 8.78 Å². The van der Waals surface area contributed by atoms with E-state index in [2.05, 4.69) is 4.90 Å². The zero-order valence-electron chi connectivity index (χ0n) is 8.69. The monoisotopic (exact) mass is 191 g/mol. The number of alkyl halides is 2. The summed E-state index contributed by atoms with van der Waals surface area (Å²) in [7, 11) is 1.99. The summed E-state index contributed by atoms with van der Waals surface area (Å²) in [6, 6.07) is 0. The summed E-state index contributed by atoms with van der Waals surface area (Å²) in [6.45, 7) is 4.84. The summed E-state index contributed by atoms with van der Waals surface area (Å²) in [4.78, 5) is 2.12. The van der Waals surface area contributed by atoms with Gasteiger partial charge in [-0.1, -0.05) is 13.8 Å². The van der Waals surface area contributed by atoms with E-state index in [-0.39, 0.29) is 0 Å². The topological polar surface area (TPSA) is 3.24 Å². The van der Waals surface area contributed by atoms with Gasteiger partial charge in [0.2, 0.25) is 0 Å². The molecule has 0 atom stereocenters. The van der Waals surface area contributed by atoms with Crippen LogP contribution >= 0.6 is 0 Å².